The summed E-state index contributed by atoms with van der Waals surface area (Å²) in [7, 11) is 0. The lowest BCUT2D eigenvalue weighted by Crippen LogP contribution is -1.95. The van der Waals surface area contributed by atoms with E-state index in [9.17, 15) is 4.79 Å². The lowest BCUT2D eigenvalue weighted by molar-refractivity contribution is 0.0702. The quantitative estimate of drug-likeness (QED) is 0.847. The number of thiophene rings is 1. The third-order valence-corrected chi connectivity index (χ3v) is 3.72. The largest absolute Gasteiger partial charge is 0.488 e. The highest BCUT2D eigenvalue weighted by Gasteiger charge is 2.07. The summed E-state index contributed by atoms with van der Waals surface area (Å²) in [5, 5.41) is 10.5. The van der Waals surface area contributed by atoms with Crippen LogP contribution in [0.3, 0.4) is 0 Å². The van der Waals surface area contributed by atoms with Gasteiger partial charge >= 0.3 is 5.97 Å². The van der Waals surface area contributed by atoms with Crippen molar-refractivity contribution >= 4 is 39.9 Å². The Bertz CT molecular complexity index is 519. The zero-order chi connectivity index (χ0) is 12.3. The normalized spacial score (nSPS) is 10.2. The molecule has 2 aromatic rings. The van der Waals surface area contributed by atoms with Gasteiger partial charge in [-0.25, -0.2) is 4.79 Å². The molecule has 0 aliphatic rings. The van der Waals surface area contributed by atoms with Crippen LogP contribution in [0.1, 0.15) is 15.2 Å². The minimum atomic E-state index is -0.917. The summed E-state index contributed by atoms with van der Waals surface area (Å²) in [5.74, 6) is -0.315. The maximum atomic E-state index is 10.7. The second-order valence-electron chi connectivity index (χ2n) is 3.37. The molecule has 0 saturated heterocycles. The summed E-state index contributed by atoms with van der Waals surface area (Å²) in [5.41, 5.74) is 1.06. The van der Waals surface area contributed by atoms with Gasteiger partial charge < -0.3 is 9.84 Å². The Morgan fingerprint density at radius 3 is 2.65 bits per heavy atom. The predicted molar refractivity (Wildman–Crippen MR) is 74.8 cm³/mol. The first-order chi connectivity index (χ1) is 8.15. The maximum Gasteiger partial charge on any atom is 0.346 e. The Morgan fingerprint density at radius 2 is 2.06 bits per heavy atom. The van der Waals surface area contributed by atoms with Gasteiger partial charge in [0, 0.05) is 15.0 Å². The number of carbonyl (C=O) groups is 1. The fourth-order valence-electron chi connectivity index (χ4n) is 1.25. The van der Waals surface area contributed by atoms with Crippen molar-refractivity contribution < 1.29 is 14.6 Å². The Kier molecular flexibility index (Phi) is 4.01. The number of ether oxygens (including phenoxy) is 1. The zero-order valence-corrected chi connectivity index (χ0v) is 11.7. The van der Waals surface area contributed by atoms with E-state index in [2.05, 4.69) is 22.6 Å². The van der Waals surface area contributed by atoms with E-state index in [1.54, 1.807) is 11.4 Å². The van der Waals surface area contributed by atoms with Gasteiger partial charge in [0.2, 0.25) is 0 Å². The molecule has 3 nitrogen and oxygen atoms in total. The van der Waals surface area contributed by atoms with Gasteiger partial charge in [0.05, 0.1) is 0 Å². The fourth-order valence-corrected chi connectivity index (χ4v) is 2.28. The van der Waals surface area contributed by atoms with Crippen molar-refractivity contribution in [3.8, 4) is 5.75 Å². The average molecular weight is 360 g/mol. The van der Waals surface area contributed by atoms with Crippen molar-refractivity contribution in [1.82, 2.24) is 0 Å². The molecule has 0 amide bonds. The van der Waals surface area contributed by atoms with Gasteiger partial charge in [-0.15, -0.1) is 11.3 Å². The minimum absolute atomic E-state index is 0.294. The van der Waals surface area contributed by atoms with E-state index >= 15 is 0 Å². The molecule has 1 heterocycles. The van der Waals surface area contributed by atoms with Gasteiger partial charge in [0.25, 0.3) is 0 Å². The monoisotopic (exact) mass is 360 g/mol. The summed E-state index contributed by atoms with van der Waals surface area (Å²) in [6, 6.07) is 9.54. The van der Waals surface area contributed by atoms with E-state index in [1.807, 2.05) is 24.3 Å². The van der Waals surface area contributed by atoms with Gasteiger partial charge in [-0.2, -0.15) is 0 Å². The average Bonchev–Trinajstić information content (AvgIpc) is 2.77. The molecule has 0 spiro atoms. The molecule has 0 aliphatic carbocycles. The summed E-state index contributed by atoms with van der Waals surface area (Å²) in [4.78, 5) is 11.0. The van der Waals surface area contributed by atoms with Crippen LogP contribution in [0.15, 0.2) is 35.7 Å². The van der Waals surface area contributed by atoms with Gasteiger partial charge in [0.15, 0.2) is 0 Å². The Balaban J connectivity index is 1.97. The first kappa shape index (κ1) is 12.4. The van der Waals surface area contributed by atoms with Gasteiger partial charge in [0.1, 0.15) is 17.2 Å². The molecule has 88 valence electrons. The smallest absolute Gasteiger partial charge is 0.346 e. The number of halogens is 1. The Morgan fingerprint density at radius 1 is 1.35 bits per heavy atom. The molecule has 0 fully saturated rings. The topological polar surface area (TPSA) is 46.5 Å². The molecule has 0 radical (unpaired) electrons. The van der Waals surface area contributed by atoms with E-state index in [-0.39, 0.29) is 0 Å². The van der Waals surface area contributed by atoms with Crippen LogP contribution in [0.5, 0.6) is 5.75 Å². The Labute approximate surface area is 116 Å². The highest BCUT2D eigenvalue weighted by Crippen LogP contribution is 2.22. The lowest BCUT2D eigenvalue weighted by atomic mass is 10.2. The van der Waals surface area contributed by atoms with Crippen LogP contribution < -0.4 is 4.74 Å². The molecule has 0 unspecified atom stereocenters. The number of hydrogen-bond donors (Lipinski definition) is 1. The maximum absolute atomic E-state index is 10.7. The number of aromatic carboxylic acids is 1. The van der Waals surface area contributed by atoms with Crippen LogP contribution in [0, 0.1) is 3.57 Å². The van der Waals surface area contributed by atoms with Crippen molar-refractivity contribution in [2.45, 2.75) is 6.61 Å². The summed E-state index contributed by atoms with van der Waals surface area (Å²) in [6.07, 6.45) is 0. The number of carboxylic acid groups (broad SMARTS) is 1. The summed E-state index contributed by atoms with van der Waals surface area (Å²) >= 11 is 3.41. The first-order valence-electron chi connectivity index (χ1n) is 4.84. The van der Waals surface area contributed by atoms with Crippen molar-refractivity contribution in [1.29, 1.82) is 0 Å². The van der Waals surface area contributed by atoms with Crippen LogP contribution in [0.4, 0.5) is 0 Å². The SMILES string of the molecule is O=C(O)c1cc(OCc2ccc(I)cc2)cs1. The highest BCUT2D eigenvalue weighted by atomic mass is 127. The van der Waals surface area contributed by atoms with Gasteiger partial charge in [-0.1, -0.05) is 12.1 Å². The molecule has 1 aromatic carbocycles. The molecule has 0 saturated carbocycles. The minimum Gasteiger partial charge on any atom is -0.488 e. The van der Waals surface area contributed by atoms with Crippen LogP contribution >= 0.6 is 33.9 Å². The number of carboxylic acids is 1. The molecule has 17 heavy (non-hydrogen) atoms. The molecular formula is C12H9IO3S. The number of benzene rings is 1. The van der Waals surface area contributed by atoms with E-state index in [4.69, 9.17) is 9.84 Å². The zero-order valence-electron chi connectivity index (χ0n) is 8.72. The first-order valence-corrected chi connectivity index (χ1v) is 6.80. The fraction of sp³-hybridized carbons (Fsp3) is 0.0833. The Hall–Kier alpha value is -1.08. The second kappa shape index (κ2) is 5.50. The molecule has 1 N–H and O–H groups in total. The summed E-state index contributed by atoms with van der Waals surface area (Å²) in [6.45, 7) is 0.451. The van der Waals surface area contributed by atoms with Gasteiger partial charge in [-0.3, -0.25) is 0 Å². The van der Waals surface area contributed by atoms with Crippen molar-refractivity contribution in [3.05, 3.63) is 49.7 Å². The molecule has 1 aromatic heterocycles. The lowest BCUT2D eigenvalue weighted by Gasteiger charge is -2.03. The molecular weight excluding hydrogens is 351 g/mol. The van der Waals surface area contributed by atoms with E-state index < -0.39 is 5.97 Å². The van der Waals surface area contributed by atoms with Crippen LogP contribution in [-0.4, -0.2) is 11.1 Å². The van der Waals surface area contributed by atoms with Crippen molar-refractivity contribution in [3.63, 3.8) is 0 Å². The standard InChI is InChI=1S/C12H9IO3S/c13-9-3-1-8(2-4-9)6-16-10-5-11(12(14)15)17-7-10/h1-5,7H,6H2,(H,14,15). The van der Waals surface area contributed by atoms with E-state index in [0.717, 1.165) is 5.56 Å². The van der Waals surface area contributed by atoms with Crippen molar-refractivity contribution in [2.75, 3.05) is 0 Å². The third-order valence-electron chi connectivity index (χ3n) is 2.10. The number of hydrogen-bond acceptors (Lipinski definition) is 3. The van der Waals surface area contributed by atoms with E-state index in [0.29, 0.717) is 17.2 Å². The van der Waals surface area contributed by atoms with Crippen LogP contribution in [0.25, 0.3) is 0 Å². The third kappa shape index (κ3) is 3.44. The molecule has 5 heteroatoms. The van der Waals surface area contributed by atoms with Crippen molar-refractivity contribution in [2.24, 2.45) is 0 Å². The highest BCUT2D eigenvalue weighted by molar-refractivity contribution is 14.1. The second-order valence-corrected chi connectivity index (χ2v) is 5.52. The molecule has 0 aliphatic heterocycles. The van der Waals surface area contributed by atoms with E-state index in [1.165, 1.54) is 14.9 Å². The summed E-state index contributed by atoms with van der Waals surface area (Å²) < 4.78 is 6.68. The number of rotatable bonds is 4. The molecule has 0 atom stereocenters. The van der Waals surface area contributed by atoms with Crippen LogP contribution in [0.2, 0.25) is 0 Å². The molecule has 2 rings (SSSR count). The molecule has 0 bridgehead atoms. The van der Waals surface area contributed by atoms with Gasteiger partial charge in [-0.05, 0) is 40.3 Å². The van der Waals surface area contributed by atoms with Crippen LogP contribution in [-0.2, 0) is 6.61 Å². The predicted octanol–water partition coefficient (Wildman–Crippen LogP) is 3.63.